The van der Waals surface area contributed by atoms with E-state index < -0.39 is 0 Å². The number of nitrogens with one attached hydrogen (secondary N) is 1. The number of rotatable bonds is 6. The summed E-state index contributed by atoms with van der Waals surface area (Å²) in [7, 11) is 0. The van der Waals surface area contributed by atoms with Crippen LogP contribution in [-0.4, -0.2) is 74.9 Å². The van der Waals surface area contributed by atoms with Crippen molar-refractivity contribution in [3.8, 4) is 0 Å². The zero-order valence-electron chi connectivity index (χ0n) is 11.9. The highest BCUT2D eigenvalue weighted by Crippen LogP contribution is 2.13. The van der Waals surface area contributed by atoms with E-state index in [9.17, 15) is 0 Å². The molecule has 0 aliphatic carbocycles. The number of likely N-dealkylation sites (tertiary alicyclic amines) is 1. The number of hydrogen-bond acceptors (Lipinski definition) is 4. The van der Waals surface area contributed by atoms with Gasteiger partial charge in [-0.3, -0.25) is 4.90 Å². The largest absolute Gasteiger partial charge is 0.377 e. The lowest BCUT2D eigenvalue weighted by atomic mass is 10.1. The van der Waals surface area contributed by atoms with Crippen molar-refractivity contribution >= 4 is 0 Å². The summed E-state index contributed by atoms with van der Waals surface area (Å²) in [6, 6.07) is 0. The monoisotopic (exact) mass is 255 g/mol. The smallest absolute Gasteiger partial charge is 0.0600 e. The maximum atomic E-state index is 6.02. The fourth-order valence-electron chi connectivity index (χ4n) is 2.90. The van der Waals surface area contributed by atoms with Gasteiger partial charge < -0.3 is 15.0 Å². The number of ether oxygens (including phenoxy) is 1. The highest BCUT2D eigenvalue weighted by Gasteiger charge is 2.19. The number of nitrogens with zero attached hydrogens (tertiary/aromatic N) is 2. The summed E-state index contributed by atoms with van der Waals surface area (Å²) in [5.74, 6) is 0. The first-order valence-corrected chi connectivity index (χ1v) is 7.65. The van der Waals surface area contributed by atoms with Gasteiger partial charge in [-0.15, -0.1) is 0 Å². The van der Waals surface area contributed by atoms with Crippen LogP contribution in [0.15, 0.2) is 0 Å². The van der Waals surface area contributed by atoms with Gasteiger partial charge in [0, 0.05) is 45.8 Å². The van der Waals surface area contributed by atoms with E-state index in [2.05, 4.69) is 22.0 Å². The molecule has 4 heteroatoms. The fourth-order valence-corrected chi connectivity index (χ4v) is 2.90. The van der Waals surface area contributed by atoms with Gasteiger partial charge in [0.25, 0.3) is 0 Å². The van der Waals surface area contributed by atoms with Gasteiger partial charge in [0.05, 0.1) is 12.7 Å². The predicted molar refractivity (Wildman–Crippen MR) is 75.0 cm³/mol. The van der Waals surface area contributed by atoms with Crippen molar-refractivity contribution in [3.05, 3.63) is 0 Å². The van der Waals surface area contributed by atoms with Crippen LogP contribution in [0.2, 0.25) is 0 Å². The molecule has 2 saturated heterocycles. The van der Waals surface area contributed by atoms with Crippen molar-refractivity contribution in [1.82, 2.24) is 15.1 Å². The molecule has 0 aromatic carbocycles. The van der Waals surface area contributed by atoms with E-state index in [1.165, 1.54) is 52.0 Å². The summed E-state index contributed by atoms with van der Waals surface area (Å²) in [5, 5.41) is 3.38. The molecule has 2 fully saturated rings. The molecule has 0 aromatic heterocycles. The van der Waals surface area contributed by atoms with E-state index in [1.54, 1.807) is 0 Å². The van der Waals surface area contributed by atoms with Gasteiger partial charge >= 0.3 is 0 Å². The number of hydrogen-bond donors (Lipinski definition) is 1. The first-order chi connectivity index (χ1) is 8.88. The lowest BCUT2D eigenvalue weighted by Gasteiger charge is -2.32. The maximum absolute atomic E-state index is 6.02. The number of piperazine rings is 1. The molecule has 0 bridgehead atoms. The molecule has 2 rings (SSSR count). The third kappa shape index (κ3) is 4.84. The van der Waals surface area contributed by atoms with Crippen LogP contribution in [0.5, 0.6) is 0 Å². The second kappa shape index (κ2) is 8.10. The SMILES string of the molecule is CCCN1CCC(OCCN2CCNCC2)CC1. The van der Waals surface area contributed by atoms with Gasteiger partial charge in [-0.2, -0.15) is 0 Å². The first-order valence-electron chi connectivity index (χ1n) is 7.65. The summed E-state index contributed by atoms with van der Waals surface area (Å²) < 4.78 is 6.02. The van der Waals surface area contributed by atoms with E-state index in [4.69, 9.17) is 4.74 Å². The Bertz CT molecular complexity index is 211. The zero-order chi connectivity index (χ0) is 12.6. The minimum absolute atomic E-state index is 0.515. The van der Waals surface area contributed by atoms with Gasteiger partial charge in [0.2, 0.25) is 0 Å². The fraction of sp³-hybridized carbons (Fsp3) is 1.00. The summed E-state index contributed by atoms with van der Waals surface area (Å²) in [6.45, 7) is 12.6. The Morgan fingerprint density at radius 3 is 2.33 bits per heavy atom. The van der Waals surface area contributed by atoms with Crippen molar-refractivity contribution in [2.75, 3.05) is 59.0 Å². The van der Waals surface area contributed by atoms with Gasteiger partial charge in [-0.1, -0.05) is 6.92 Å². The molecule has 2 aliphatic heterocycles. The molecule has 0 saturated carbocycles. The average Bonchev–Trinajstić information content (AvgIpc) is 2.42. The van der Waals surface area contributed by atoms with Crippen LogP contribution in [0.25, 0.3) is 0 Å². The molecule has 2 heterocycles. The van der Waals surface area contributed by atoms with E-state index in [-0.39, 0.29) is 0 Å². The summed E-state index contributed by atoms with van der Waals surface area (Å²) in [5.41, 5.74) is 0. The van der Waals surface area contributed by atoms with Gasteiger partial charge in [-0.05, 0) is 25.8 Å². The minimum atomic E-state index is 0.515. The zero-order valence-corrected chi connectivity index (χ0v) is 11.9. The second-order valence-corrected chi connectivity index (χ2v) is 5.50. The average molecular weight is 255 g/mol. The molecule has 0 atom stereocenters. The topological polar surface area (TPSA) is 27.7 Å². The van der Waals surface area contributed by atoms with Crippen molar-refractivity contribution in [2.24, 2.45) is 0 Å². The Kier molecular flexibility index (Phi) is 6.41. The Labute approximate surface area is 112 Å². The Hall–Kier alpha value is -0.160. The molecule has 0 spiro atoms. The molecule has 0 unspecified atom stereocenters. The van der Waals surface area contributed by atoms with Crippen molar-refractivity contribution in [1.29, 1.82) is 0 Å². The van der Waals surface area contributed by atoms with E-state index in [1.807, 2.05) is 0 Å². The molecular formula is C14H29N3O. The lowest BCUT2D eigenvalue weighted by molar-refractivity contribution is -0.00251. The third-order valence-electron chi connectivity index (χ3n) is 4.05. The summed E-state index contributed by atoms with van der Waals surface area (Å²) in [4.78, 5) is 5.07. The van der Waals surface area contributed by atoms with Crippen LogP contribution in [0.3, 0.4) is 0 Å². The van der Waals surface area contributed by atoms with E-state index in [0.717, 1.165) is 26.2 Å². The maximum Gasteiger partial charge on any atom is 0.0600 e. The van der Waals surface area contributed by atoms with Crippen LogP contribution in [0.4, 0.5) is 0 Å². The lowest BCUT2D eigenvalue weighted by Crippen LogP contribution is -2.45. The first kappa shape index (κ1) is 14.3. The highest BCUT2D eigenvalue weighted by molar-refractivity contribution is 4.73. The number of piperidine rings is 1. The third-order valence-corrected chi connectivity index (χ3v) is 4.05. The highest BCUT2D eigenvalue weighted by atomic mass is 16.5. The Morgan fingerprint density at radius 2 is 1.67 bits per heavy atom. The molecule has 106 valence electrons. The summed E-state index contributed by atoms with van der Waals surface area (Å²) >= 11 is 0. The second-order valence-electron chi connectivity index (χ2n) is 5.50. The van der Waals surface area contributed by atoms with Gasteiger partial charge in [0.15, 0.2) is 0 Å². The van der Waals surface area contributed by atoms with Crippen LogP contribution < -0.4 is 5.32 Å². The quantitative estimate of drug-likeness (QED) is 0.759. The van der Waals surface area contributed by atoms with E-state index in [0.29, 0.717) is 6.10 Å². The Balaban J connectivity index is 1.52. The normalized spacial score (nSPS) is 24.5. The molecule has 18 heavy (non-hydrogen) atoms. The van der Waals surface area contributed by atoms with Crippen molar-refractivity contribution in [2.45, 2.75) is 32.3 Å². The molecular weight excluding hydrogens is 226 g/mol. The van der Waals surface area contributed by atoms with Gasteiger partial charge in [0.1, 0.15) is 0 Å². The van der Waals surface area contributed by atoms with Crippen molar-refractivity contribution in [3.63, 3.8) is 0 Å². The molecule has 4 nitrogen and oxygen atoms in total. The van der Waals surface area contributed by atoms with Gasteiger partial charge in [-0.25, -0.2) is 0 Å². The molecule has 1 N–H and O–H groups in total. The van der Waals surface area contributed by atoms with Crippen LogP contribution >= 0.6 is 0 Å². The van der Waals surface area contributed by atoms with E-state index >= 15 is 0 Å². The van der Waals surface area contributed by atoms with Crippen molar-refractivity contribution < 1.29 is 4.74 Å². The molecule has 0 aromatic rings. The minimum Gasteiger partial charge on any atom is -0.377 e. The Morgan fingerprint density at radius 1 is 1.00 bits per heavy atom. The predicted octanol–water partition coefficient (Wildman–Crippen LogP) is 0.783. The molecule has 0 amide bonds. The van der Waals surface area contributed by atoms with Crippen LogP contribution in [0, 0.1) is 0 Å². The standard InChI is InChI=1S/C14H29N3O/c1-2-7-16-8-3-14(4-9-16)18-13-12-17-10-5-15-6-11-17/h14-15H,2-13H2,1H3. The van der Waals surface area contributed by atoms with Crippen LogP contribution in [0.1, 0.15) is 26.2 Å². The molecule has 0 radical (unpaired) electrons. The molecule has 2 aliphatic rings. The summed E-state index contributed by atoms with van der Waals surface area (Å²) in [6.07, 6.45) is 4.23. The van der Waals surface area contributed by atoms with Crippen LogP contribution in [-0.2, 0) is 4.74 Å².